The number of ether oxygens (including phenoxy) is 1. The molecule has 1 atom stereocenters. The highest BCUT2D eigenvalue weighted by Gasteiger charge is 2.25. The van der Waals surface area contributed by atoms with Crippen molar-refractivity contribution < 1.29 is 14.3 Å². The number of carbonyl (C=O) groups is 2. The fourth-order valence-electron chi connectivity index (χ4n) is 3.04. The summed E-state index contributed by atoms with van der Waals surface area (Å²) in [6.45, 7) is 2.73. The van der Waals surface area contributed by atoms with Crippen LogP contribution < -0.4 is 5.73 Å². The summed E-state index contributed by atoms with van der Waals surface area (Å²) in [4.78, 5) is 28.2. The molecule has 146 valence electrons. The molecule has 2 amide bonds. The van der Waals surface area contributed by atoms with E-state index in [-0.39, 0.29) is 30.3 Å². The van der Waals surface area contributed by atoms with E-state index < -0.39 is 0 Å². The number of piperazine rings is 1. The molecule has 1 aromatic rings. The van der Waals surface area contributed by atoms with Gasteiger partial charge in [-0.2, -0.15) is 0 Å². The van der Waals surface area contributed by atoms with Crippen LogP contribution in [0.15, 0.2) is 30.3 Å². The van der Waals surface area contributed by atoms with Gasteiger partial charge in [-0.15, -0.1) is 12.4 Å². The van der Waals surface area contributed by atoms with Crippen molar-refractivity contribution >= 4 is 24.2 Å². The maximum Gasteiger partial charge on any atom is 0.225 e. The number of rotatable bonds is 8. The minimum Gasteiger partial charge on any atom is -0.380 e. The summed E-state index contributed by atoms with van der Waals surface area (Å²) in [7, 11) is 1.57. The maximum absolute atomic E-state index is 12.3. The summed E-state index contributed by atoms with van der Waals surface area (Å²) in [5, 5.41) is 0. The van der Waals surface area contributed by atoms with Crippen molar-refractivity contribution in [3.8, 4) is 0 Å². The Morgan fingerprint density at radius 3 is 2.19 bits per heavy atom. The molecule has 1 unspecified atom stereocenters. The Hall–Kier alpha value is -1.63. The van der Waals surface area contributed by atoms with Crippen molar-refractivity contribution in [2.24, 2.45) is 5.73 Å². The van der Waals surface area contributed by atoms with Crippen LogP contribution >= 0.6 is 12.4 Å². The molecule has 6 nitrogen and oxygen atoms in total. The molecule has 0 saturated carbocycles. The summed E-state index contributed by atoms with van der Waals surface area (Å²) >= 11 is 0. The lowest BCUT2D eigenvalue weighted by Gasteiger charge is -2.35. The lowest BCUT2D eigenvalue weighted by Crippen LogP contribution is -2.51. The molecule has 2 rings (SSSR count). The van der Waals surface area contributed by atoms with Gasteiger partial charge in [0, 0.05) is 46.3 Å². The summed E-state index contributed by atoms with van der Waals surface area (Å²) < 4.78 is 5.16. The molecule has 1 aliphatic rings. The van der Waals surface area contributed by atoms with Crippen molar-refractivity contribution in [2.45, 2.75) is 31.8 Å². The molecule has 0 radical (unpaired) electrons. The molecular formula is C19H30ClN3O3. The van der Waals surface area contributed by atoms with Crippen LogP contribution in [-0.4, -0.2) is 67.6 Å². The molecule has 0 aliphatic carbocycles. The fourth-order valence-corrected chi connectivity index (χ4v) is 3.04. The molecule has 1 heterocycles. The van der Waals surface area contributed by atoms with Crippen LogP contribution in [0.1, 0.15) is 24.8 Å². The van der Waals surface area contributed by atoms with E-state index in [9.17, 15) is 9.59 Å². The van der Waals surface area contributed by atoms with E-state index in [0.717, 1.165) is 12.8 Å². The van der Waals surface area contributed by atoms with E-state index in [0.29, 0.717) is 45.6 Å². The molecule has 0 spiro atoms. The summed E-state index contributed by atoms with van der Waals surface area (Å²) in [6, 6.07) is 10.2. The van der Waals surface area contributed by atoms with Crippen LogP contribution in [0.3, 0.4) is 0 Å². The number of halogens is 1. The SMILES string of the molecule is COC(CN)CC(=O)N1CCN(C(=O)CCCc2ccccc2)CC1.Cl. The predicted molar refractivity (Wildman–Crippen MR) is 104 cm³/mol. The average Bonchev–Trinajstić information content (AvgIpc) is 2.66. The number of methoxy groups -OCH3 is 1. The zero-order valence-corrected chi connectivity index (χ0v) is 16.2. The van der Waals surface area contributed by atoms with Gasteiger partial charge >= 0.3 is 0 Å². The van der Waals surface area contributed by atoms with Gasteiger partial charge < -0.3 is 20.3 Å². The average molecular weight is 384 g/mol. The maximum atomic E-state index is 12.3. The van der Waals surface area contributed by atoms with Gasteiger partial charge in [-0.25, -0.2) is 0 Å². The molecule has 0 bridgehead atoms. The van der Waals surface area contributed by atoms with Crippen LogP contribution in [0.2, 0.25) is 0 Å². The summed E-state index contributed by atoms with van der Waals surface area (Å²) in [6.07, 6.45) is 2.40. The van der Waals surface area contributed by atoms with E-state index in [4.69, 9.17) is 10.5 Å². The Labute approximate surface area is 162 Å². The Balaban J connectivity index is 0.00000338. The number of aryl methyl sites for hydroxylation is 1. The van der Waals surface area contributed by atoms with Gasteiger partial charge in [-0.3, -0.25) is 9.59 Å². The second-order valence-electron chi connectivity index (χ2n) is 6.40. The quantitative estimate of drug-likeness (QED) is 0.737. The number of nitrogens with two attached hydrogens (primary N) is 1. The van der Waals surface area contributed by atoms with Crippen LogP contribution in [0.4, 0.5) is 0 Å². The topological polar surface area (TPSA) is 75.9 Å². The predicted octanol–water partition coefficient (Wildman–Crippen LogP) is 1.47. The first-order valence-electron chi connectivity index (χ1n) is 8.96. The van der Waals surface area contributed by atoms with E-state index in [1.807, 2.05) is 23.1 Å². The third-order valence-corrected chi connectivity index (χ3v) is 4.68. The smallest absolute Gasteiger partial charge is 0.225 e. The highest BCUT2D eigenvalue weighted by Crippen LogP contribution is 2.10. The van der Waals surface area contributed by atoms with Gasteiger partial charge in [0.2, 0.25) is 11.8 Å². The first-order chi connectivity index (χ1) is 12.1. The van der Waals surface area contributed by atoms with Gasteiger partial charge in [0.25, 0.3) is 0 Å². The van der Waals surface area contributed by atoms with Crippen LogP contribution in [-0.2, 0) is 20.7 Å². The Morgan fingerprint density at radius 2 is 1.65 bits per heavy atom. The molecule has 0 aromatic heterocycles. The first kappa shape index (κ1) is 22.4. The summed E-state index contributed by atoms with van der Waals surface area (Å²) in [5.74, 6) is 0.230. The molecule has 1 aromatic carbocycles. The van der Waals surface area contributed by atoms with Gasteiger partial charge in [0.1, 0.15) is 0 Å². The monoisotopic (exact) mass is 383 g/mol. The third-order valence-electron chi connectivity index (χ3n) is 4.68. The van der Waals surface area contributed by atoms with E-state index in [2.05, 4.69) is 12.1 Å². The van der Waals surface area contributed by atoms with Crippen molar-refractivity contribution in [3.05, 3.63) is 35.9 Å². The first-order valence-corrected chi connectivity index (χ1v) is 8.96. The van der Waals surface area contributed by atoms with Crippen LogP contribution in [0.25, 0.3) is 0 Å². The zero-order chi connectivity index (χ0) is 18.1. The molecule has 26 heavy (non-hydrogen) atoms. The molecule has 2 N–H and O–H groups in total. The lowest BCUT2D eigenvalue weighted by molar-refractivity contribution is -0.141. The number of hydrogen-bond acceptors (Lipinski definition) is 4. The highest BCUT2D eigenvalue weighted by molar-refractivity contribution is 5.85. The van der Waals surface area contributed by atoms with E-state index in [1.165, 1.54) is 5.56 Å². The number of amides is 2. The molecule has 1 aliphatic heterocycles. The fraction of sp³-hybridized carbons (Fsp3) is 0.579. The second kappa shape index (κ2) is 11.9. The van der Waals surface area contributed by atoms with E-state index in [1.54, 1.807) is 12.0 Å². The third kappa shape index (κ3) is 6.94. The number of hydrogen-bond donors (Lipinski definition) is 1. The minimum absolute atomic E-state index is 0. The van der Waals surface area contributed by atoms with Crippen LogP contribution in [0, 0.1) is 0 Å². The summed E-state index contributed by atoms with van der Waals surface area (Å²) in [5.41, 5.74) is 6.83. The Morgan fingerprint density at radius 1 is 1.08 bits per heavy atom. The van der Waals surface area contributed by atoms with Crippen LogP contribution in [0.5, 0.6) is 0 Å². The van der Waals surface area contributed by atoms with E-state index >= 15 is 0 Å². The minimum atomic E-state index is -0.231. The Bertz CT molecular complexity index is 544. The lowest BCUT2D eigenvalue weighted by atomic mass is 10.1. The number of carbonyl (C=O) groups excluding carboxylic acids is 2. The second-order valence-corrected chi connectivity index (χ2v) is 6.40. The molecule has 1 saturated heterocycles. The van der Waals surface area contributed by atoms with Crippen molar-refractivity contribution in [3.63, 3.8) is 0 Å². The zero-order valence-electron chi connectivity index (χ0n) is 15.4. The standard InChI is InChI=1S/C19H29N3O3.ClH/c1-25-17(15-20)14-19(24)22-12-10-21(11-13-22)18(23)9-5-8-16-6-3-2-4-7-16;/h2-4,6-7,17H,5,8-15,20H2,1H3;1H. The number of nitrogens with zero attached hydrogens (tertiary/aromatic N) is 2. The largest absolute Gasteiger partial charge is 0.380 e. The molecule has 7 heteroatoms. The molecular weight excluding hydrogens is 354 g/mol. The Kier molecular flexibility index (Phi) is 10.2. The van der Waals surface area contributed by atoms with Gasteiger partial charge in [0.15, 0.2) is 0 Å². The molecule has 1 fully saturated rings. The van der Waals surface area contributed by atoms with Gasteiger partial charge in [-0.1, -0.05) is 30.3 Å². The van der Waals surface area contributed by atoms with Crippen molar-refractivity contribution in [1.82, 2.24) is 9.80 Å². The van der Waals surface area contributed by atoms with Gasteiger partial charge in [0.05, 0.1) is 12.5 Å². The number of benzene rings is 1. The van der Waals surface area contributed by atoms with Gasteiger partial charge in [-0.05, 0) is 18.4 Å². The normalized spacial score (nSPS) is 15.3. The van der Waals surface area contributed by atoms with Crippen molar-refractivity contribution in [1.29, 1.82) is 0 Å². The van der Waals surface area contributed by atoms with Crippen molar-refractivity contribution in [2.75, 3.05) is 39.8 Å². The highest BCUT2D eigenvalue weighted by atomic mass is 35.5.